The first-order valence-corrected chi connectivity index (χ1v) is 6.00. The molecule has 0 saturated carbocycles. The summed E-state index contributed by atoms with van der Waals surface area (Å²) < 4.78 is 6.35. The lowest BCUT2D eigenvalue weighted by atomic mass is 10.2. The molecule has 14 heavy (non-hydrogen) atoms. The fourth-order valence-electron chi connectivity index (χ4n) is 0.994. The summed E-state index contributed by atoms with van der Waals surface area (Å²) in [6.45, 7) is 1.72. The van der Waals surface area contributed by atoms with Crippen LogP contribution in [0.25, 0.3) is 0 Å². The van der Waals surface area contributed by atoms with Crippen molar-refractivity contribution in [2.75, 3.05) is 0 Å². The molecule has 0 fully saturated rings. The lowest BCUT2D eigenvalue weighted by Crippen LogP contribution is -2.09. The lowest BCUT2D eigenvalue weighted by molar-refractivity contribution is 0.272. The maximum absolute atomic E-state index is 8.65. The van der Waals surface area contributed by atoms with Crippen LogP contribution in [0, 0.1) is 11.3 Å². The number of benzene rings is 1. The van der Waals surface area contributed by atoms with E-state index in [1.54, 1.807) is 6.92 Å². The molecule has 1 atom stereocenters. The van der Waals surface area contributed by atoms with Gasteiger partial charge in [0.1, 0.15) is 11.8 Å². The number of hydrogen-bond donors (Lipinski definition) is 0. The minimum absolute atomic E-state index is 0.438. The summed E-state index contributed by atoms with van der Waals surface area (Å²) in [6.07, 6.45) is -0.438. The highest BCUT2D eigenvalue weighted by Crippen LogP contribution is 2.31. The van der Waals surface area contributed by atoms with Crippen molar-refractivity contribution in [3.05, 3.63) is 28.2 Å². The molecule has 4 heteroatoms. The van der Waals surface area contributed by atoms with Gasteiger partial charge in [0.15, 0.2) is 6.10 Å². The normalized spacial score (nSPS) is 11.9. The Morgan fingerprint density at radius 2 is 2.29 bits per heavy atom. The first-order chi connectivity index (χ1) is 6.69. The van der Waals surface area contributed by atoms with Crippen LogP contribution >= 0.6 is 31.9 Å². The Bertz CT molecular complexity index is 360. The van der Waals surface area contributed by atoms with Gasteiger partial charge in [-0.3, -0.25) is 0 Å². The van der Waals surface area contributed by atoms with Gasteiger partial charge >= 0.3 is 0 Å². The predicted octanol–water partition coefficient (Wildman–Crippen LogP) is 3.63. The molecular formula is C10H9Br2NO. The quantitative estimate of drug-likeness (QED) is 0.797. The van der Waals surface area contributed by atoms with Crippen LogP contribution in [0.3, 0.4) is 0 Å². The first kappa shape index (κ1) is 11.5. The van der Waals surface area contributed by atoms with Crippen molar-refractivity contribution in [1.29, 1.82) is 5.26 Å². The van der Waals surface area contributed by atoms with Crippen LogP contribution in [0.2, 0.25) is 0 Å². The number of nitriles is 1. The highest BCUT2D eigenvalue weighted by atomic mass is 79.9. The molecule has 0 bridgehead atoms. The third kappa shape index (κ3) is 2.73. The van der Waals surface area contributed by atoms with Crippen molar-refractivity contribution >= 4 is 31.9 Å². The van der Waals surface area contributed by atoms with E-state index in [1.165, 1.54) is 0 Å². The highest BCUT2D eigenvalue weighted by Gasteiger charge is 2.10. The van der Waals surface area contributed by atoms with Crippen LogP contribution in [0.4, 0.5) is 0 Å². The number of para-hydroxylation sites is 1. The van der Waals surface area contributed by atoms with Gasteiger partial charge in [-0.1, -0.05) is 28.1 Å². The molecule has 0 amide bonds. The molecule has 74 valence electrons. The van der Waals surface area contributed by atoms with Crippen molar-refractivity contribution in [3.8, 4) is 11.8 Å². The van der Waals surface area contributed by atoms with E-state index in [-0.39, 0.29) is 0 Å². The minimum Gasteiger partial charge on any atom is -0.474 e. The van der Waals surface area contributed by atoms with Crippen LogP contribution < -0.4 is 4.74 Å². The third-order valence-corrected chi connectivity index (χ3v) is 2.90. The number of hydrogen-bond acceptors (Lipinski definition) is 2. The molecule has 0 saturated heterocycles. The molecule has 0 aliphatic rings. The molecule has 0 heterocycles. The third-order valence-electron chi connectivity index (χ3n) is 1.67. The summed E-state index contributed by atoms with van der Waals surface area (Å²) >= 11 is 6.76. The number of alkyl halides is 1. The summed E-state index contributed by atoms with van der Waals surface area (Å²) in [5.41, 5.74) is 1.03. The second kappa shape index (κ2) is 5.38. The number of nitrogens with zero attached hydrogens (tertiary/aromatic N) is 1. The average Bonchev–Trinajstić information content (AvgIpc) is 2.20. The Morgan fingerprint density at radius 1 is 1.57 bits per heavy atom. The van der Waals surface area contributed by atoms with E-state index >= 15 is 0 Å². The number of ether oxygens (including phenoxy) is 1. The standard InChI is InChI=1S/C10H9Br2NO/c1-7(6-13)14-10-8(5-11)3-2-4-9(10)12/h2-4,7H,5H2,1H3. The maximum atomic E-state index is 8.65. The molecule has 0 aliphatic heterocycles. The van der Waals surface area contributed by atoms with Gasteiger partial charge in [-0.2, -0.15) is 5.26 Å². The zero-order valence-corrected chi connectivity index (χ0v) is 10.8. The van der Waals surface area contributed by atoms with E-state index in [9.17, 15) is 0 Å². The summed E-state index contributed by atoms with van der Waals surface area (Å²) in [5, 5.41) is 9.36. The van der Waals surface area contributed by atoms with Crippen LogP contribution in [-0.2, 0) is 5.33 Å². The van der Waals surface area contributed by atoms with E-state index in [4.69, 9.17) is 10.00 Å². The Labute approximate surface area is 100 Å². The van der Waals surface area contributed by atoms with E-state index in [2.05, 4.69) is 31.9 Å². The zero-order chi connectivity index (χ0) is 10.6. The molecule has 0 aromatic heterocycles. The maximum Gasteiger partial charge on any atom is 0.181 e. The molecular weight excluding hydrogens is 310 g/mol. The fourth-order valence-corrected chi connectivity index (χ4v) is 1.94. The summed E-state index contributed by atoms with van der Waals surface area (Å²) in [4.78, 5) is 0. The van der Waals surface area contributed by atoms with Gasteiger partial charge in [-0.25, -0.2) is 0 Å². The topological polar surface area (TPSA) is 33.0 Å². The molecule has 2 nitrogen and oxygen atoms in total. The smallest absolute Gasteiger partial charge is 0.181 e. The Kier molecular flexibility index (Phi) is 4.43. The summed E-state index contributed by atoms with van der Waals surface area (Å²) in [5.74, 6) is 0.735. The molecule has 0 N–H and O–H groups in total. The zero-order valence-electron chi connectivity index (χ0n) is 7.63. The molecule has 1 rings (SSSR count). The number of halogens is 2. The predicted molar refractivity (Wildman–Crippen MR) is 62.5 cm³/mol. The van der Waals surface area contributed by atoms with Crippen LogP contribution in [0.5, 0.6) is 5.75 Å². The van der Waals surface area contributed by atoms with Crippen molar-refractivity contribution in [3.63, 3.8) is 0 Å². The second-order valence-corrected chi connectivity index (χ2v) is 4.17. The van der Waals surface area contributed by atoms with E-state index < -0.39 is 6.10 Å². The molecule has 1 aromatic rings. The van der Waals surface area contributed by atoms with Crippen molar-refractivity contribution in [1.82, 2.24) is 0 Å². The van der Waals surface area contributed by atoms with E-state index in [1.807, 2.05) is 24.3 Å². The van der Waals surface area contributed by atoms with Gasteiger partial charge in [-0.05, 0) is 28.9 Å². The number of rotatable bonds is 3. The summed E-state index contributed by atoms with van der Waals surface area (Å²) in [6, 6.07) is 7.82. The lowest BCUT2D eigenvalue weighted by Gasteiger charge is -2.12. The van der Waals surface area contributed by atoms with Gasteiger partial charge in [0, 0.05) is 10.9 Å². The molecule has 0 spiro atoms. The molecule has 1 aromatic carbocycles. The van der Waals surface area contributed by atoms with Gasteiger partial charge < -0.3 is 4.74 Å². The average molecular weight is 319 g/mol. The second-order valence-electron chi connectivity index (χ2n) is 2.75. The molecule has 0 aliphatic carbocycles. The van der Waals surface area contributed by atoms with E-state index in [0.717, 1.165) is 15.8 Å². The van der Waals surface area contributed by atoms with Crippen LogP contribution in [-0.4, -0.2) is 6.10 Å². The SMILES string of the molecule is CC(C#N)Oc1c(Br)cccc1CBr. The van der Waals surface area contributed by atoms with Crippen LogP contribution in [0.15, 0.2) is 22.7 Å². The first-order valence-electron chi connectivity index (χ1n) is 4.08. The van der Waals surface area contributed by atoms with E-state index in [0.29, 0.717) is 5.33 Å². The Balaban J connectivity index is 3.00. The van der Waals surface area contributed by atoms with Crippen molar-refractivity contribution < 1.29 is 4.74 Å². The minimum atomic E-state index is -0.438. The van der Waals surface area contributed by atoms with Gasteiger partial charge in [0.25, 0.3) is 0 Å². The fraction of sp³-hybridized carbons (Fsp3) is 0.300. The monoisotopic (exact) mass is 317 g/mol. The van der Waals surface area contributed by atoms with Gasteiger partial charge in [-0.15, -0.1) is 0 Å². The van der Waals surface area contributed by atoms with Gasteiger partial charge in [0.2, 0.25) is 0 Å². The molecule has 0 radical (unpaired) electrons. The van der Waals surface area contributed by atoms with Crippen molar-refractivity contribution in [2.45, 2.75) is 18.4 Å². The summed E-state index contributed by atoms with van der Waals surface area (Å²) in [7, 11) is 0. The largest absolute Gasteiger partial charge is 0.474 e. The Hall–Kier alpha value is -0.530. The molecule has 1 unspecified atom stereocenters. The van der Waals surface area contributed by atoms with Gasteiger partial charge in [0.05, 0.1) is 4.47 Å². The highest BCUT2D eigenvalue weighted by molar-refractivity contribution is 9.10. The van der Waals surface area contributed by atoms with Crippen molar-refractivity contribution in [2.24, 2.45) is 0 Å². The Morgan fingerprint density at radius 3 is 2.86 bits per heavy atom. The van der Waals surface area contributed by atoms with Crippen LogP contribution in [0.1, 0.15) is 12.5 Å².